The van der Waals surface area contributed by atoms with Crippen molar-refractivity contribution < 1.29 is 13.2 Å². The van der Waals surface area contributed by atoms with Gasteiger partial charge in [-0.25, -0.2) is 0 Å². The van der Waals surface area contributed by atoms with E-state index >= 15 is 0 Å². The molecule has 0 aromatic heterocycles. The van der Waals surface area contributed by atoms with Crippen LogP contribution in [0.5, 0.6) is 0 Å². The lowest BCUT2D eigenvalue weighted by atomic mass is 9.99. The molecule has 0 bridgehead atoms. The highest BCUT2D eigenvalue weighted by Crippen LogP contribution is 2.24. The molecule has 1 rings (SSSR count). The Hall–Kier alpha value is -0.0000000000000000555. The highest BCUT2D eigenvalue weighted by molar-refractivity contribution is 5.85. The number of nitrogens with zero attached hydrogens (tertiary/aromatic N) is 1. The van der Waals surface area contributed by atoms with Gasteiger partial charge in [0.05, 0.1) is 6.54 Å². The van der Waals surface area contributed by atoms with Gasteiger partial charge in [-0.1, -0.05) is 6.42 Å². The number of likely N-dealkylation sites (tertiary alicyclic amines) is 1. The van der Waals surface area contributed by atoms with E-state index in [1.165, 1.54) is 4.90 Å². The molecule has 1 unspecified atom stereocenters. The van der Waals surface area contributed by atoms with Crippen molar-refractivity contribution in [2.24, 2.45) is 5.73 Å². The van der Waals surface area contributed by atoms with Crippen LogP contribution in [0.4, 0.5) is 13.2 Å². The fraction of sp³-hybridized carbons (Fsp3) is 1.00. The van der Waals surface area contributed by atoms with E-state index in [-0.39, 0.29) is 18.4 Å². The van der Waals surface area contributed by atoms with E-state index in [9.17, 15) is 13.2 Å². The molecule has 2 nitrogen and oxygen atoms in total. The average molecular weight is 247 g/mol. The molecule has 1 fully saturated rings. The summed E-state index contributed by atoms with van der Waals surface area (Å²) >= 11 is 0. The fourth-order valence-corrected chi connectivity index (χ4v) is 2.02. The van der Waals surface area contributed by atoms with Crippen LogP contribution in [-0.2, 0) is 0 Å². The van der Waals surface area contributed by atoms with Crippen molar-refractivity contribution in [1.29, 1.82) is 0 Å². The van der Waals surface area contributed by atoms with Crippen molar-refractivity contribution in [2.75, 3.05) is 19.6 Å². The van der Waals surface area contributed by atoms with Crippen LogP contribution in [0.1, 0.15) is 25.7 Å². The molecule has 0 aromatic carbocycles. The van der Waals surface area contributed by atoms with Crippen LogP contribution in [0.3, 0.4) is 0 Å². The van der Waals surface area contributed by atoms with Crippen molar-refractivity contribution in [2.45, 2.75) is 37.9 Å². The third kappa shape index (κ3) is 5.58. The summed E-state index contributed by atoms with van der Waals surface area (Å²) in [6, 6.07) is 0.0374. The lowest BCUT2D eigenvalue weighted by Gasteiger charge is -2.35. The summed E-state index contributed by atoms with van der Waals surface area (Å²) in [5.74, 6) is 0. The summed E-state index contributed by atoms with van der Waals surface area (Å²) in [6.07, 6.45) is -0.649. The Bertz CT molecular complexity index is 173. The first kappa shape index (κ1) is 15.0. The molecule has 1 heterocycles. The normalized spacial score (nSPS) is 23.6. The minimum Gasteiger partial charge on any atom is -0.330 e. The predicted molar refractivity (Wildman–Crippen MR) is 56.2 cm³/mol. The predicted octanol–water partition coefficient (Wildman–Crippen LogP) is 2.17. The second-order valence-corrected chi connectivity index (χ2v) is 3.81. The van der Waals surface area contributed by atoms with Crippen molar-refractivity contribution in [3.8, 4) is 0 Å². The SMILES string of the molecule is Cl.NCCC1CCCCN1CC(F)(F)F. The third-order valence-electron chi connectivity index (χ3n) is 2.63. The molecule has 0 radical (unpaired) electrons. The van der Waals surface area contributed by atoms with E-state index in [1.54, 1.807) is 0 Å². The first-order chi connectivity index (χ1) is 6.53. The zero-order chi connectivity index (χ0) is 10.6. The Morgan fingerprint density at radius 2 is 1.93 bits per heavy atom. The van der Waals surface area contributed by atoms with Gasteiger partial charge in [-0.2, -0.15) is 13.2 Å². The summed E-state index contributed by atoms with van der Waals surface area (Å²) in [6.45, 7) is 0.251. The lowest BCUT2D eigenvalue weighted by Crippen LogP contribution is -2.45. The van der Waals surface area contributed by atoms with E-state index in [0.29, 0.717) is 19.5 Å². The molecular weight excluding hydrogens is 229 g/mol. The molecule has 1 aliphatic rings. The van der Waals surface area contributed by atoms with Gasteiger partial charge in [0, 0.05) is 6.04 Å². The Labute approximate surface area is 94.4 Å². The third-order valence-corrected chi connectivity index (χ3v) is 2.63. The molecule has 0 spiro atoms. The number of hydrogen-bond acceptors (Lipinski definition) is 2. The molecule has 0 saturated carbocycles. The largest absolute Gasteiger partial charge is 0.401 e. The molecule has 0 amide bonds. The van der Waals surface area contributed by atoms with E-state index in [1.807, 2.05) is 0 Å². The second-order valence-electron chi connectivity index (χ2n) is 3.81. The quantitative estimate of drug-likeness (QED) is 0.827. The molecular formula is C9H18ClF3N2. The maximum atomic E-state index is 12.2. The van der Waals surface area contributed by atoms with Crippen molar-refractivity contribution >= 4 is 12.4 Å². The van der Waals surface area contributed by atoms with Gasteiger partial charge in [0.25, 0.3) is 0 Å². The topological polar surface area (TPSA) is 29.3 Å². The van der Waals surface area contributed by atoms with E-state index < -0.39 is 12.7 Å². The number of rotatable bonds is 3. The Kier molecular flexibility index (Phi) is 6.55. The standard InChI is InChI=1S/C9H17F3N2.ClH/c10-9(11,12)7-14-6-2-1-3-8(14)4-5-13;/h8H,1-7,13H2;1H. The number of piperidine rings is 1. The Morgan fingerprint density at radius 1 is 1.27 bits per heavy atom. The van der Waals surface area contributed by atoms with Gasteiger partial charge in [-0.3, -0.25) is 4.90 Å². The number of nitrogens with two attached hydrogens (primary N) is 1. The lowest BCUT2D eigenvalue weighted by molar-refractivity contribution is -0.153. The monoisotopic (exact) mass is 246 g/mol. The van der Waals surface area contributed by atoms with Crippen LogP contribution in [0.25, 0.3) is 0 Å². The molecule has 15 heavy (non-hydrogen) atoms. The molecule has 1 atom stereocenters. The summed E-state index contributed by atoms with van der Waals surface area (Å²) in [5.41, 5.74) is 5.38. The van der Waals surface area contributed by atoms with E-state index in [0.717, 1.165) is 19.3 Å². The van der Waals surface area contributed by atoms with Crippen LogP contribution in [0.15, 0.2) is 0 Å². The summed E-state index contributed by atoms with van der Waals surface area (Å²) in [5, 5.41) is 0. The van der Waals surface area contributed by atoms with Gasteiger partial charge in [0.15, 0.2) is 0 Å². The minimum absolute atomic E-state index is 0. The molecule has 6 heteroatoms. The van der Waals surface area contributed by atoms with Crippen LogP contribution in [0, 0.1) is 0 Å². The van der Waals surface area contributed by atoms with Crippen molar-refractivity contribution in [3.63, 3.8) is 0 Å². The van der Waals surface area contributed by atoms with Crippen molar-refractivity contribution in [3.05, 3.63) is 0 Å². The second kappa shape index (κ2) is 6.55. The van der Waals surface area contributed by atoms with Crippen LogP contribution in [-0.4, -0.2) is 36.8 Å². The van der Waals surface area contributed by atoms with Gasteiger partial charge < -0.3 is 5.73 Å². The number of halogens is 4. The fourth-order valence-electron chi connectivity index (χ4n) is 2.02. The van der Waals surface area contributed by atoms with Gasteiger partial charge in [-0.05, 0) is 32.4 Å². The average Bonchev–Trinajstić information content (AvgIpc) is 2.06. The van der Waals surface area contributed by atoms with E-state index in [2.05, 4.69) is 0 Å². The summed E-state index contributed by atoms with van der Waals surface area (Å²) < 4.78 is 36.5. The molecule has 1 aliphatic heterocycles. The summed E-state index contributed by atoms with van der Waals surface area (Å²) in [4.78, 5) is 1.52. The molecule has 1 saturated heterocycles. The molecule has 0 aliphatic carbocycles. The smallest absolute Gasteiger partial charge is 0.330 e. The highest BCUT2D eigenvalue weighted by Gasteiger charge is 2.34. The van der Waals surface area contributed by atoms with Crippen LogP contribution < -0.4 is 5.73 Å². The molecule has 0 aromatic rings. The van der Waals surface area contributed by atoms with Crippen molar-refractivity contribution in [1.82, 2.24) is 4.90 Å². The zero-order valence-electron chi connectivity index (χ0n) is 8.59. The molecule has 92 valence electrons. The van der Waals surface area contributed by atoms with E-state index in [4.69, 9.17) is 5.73 Å². The first-order valence-electron chi connectivity index (χ1n) is 5.04. The maximum absolute atomic E-state index is 12.2. The van der Waals surface area contributed by atoms with Crippen LogP contribution >= 0.6 is 12.4 Å². The Balaban J connectivity index is 0.00000196. The van der Waals surface area contributed by atoms with Crippen LogP contribution in [0.2, 0.25) is 0 Å². The number of alkyl halides is 3. The zero-order valence-corrected chi connectivity index (χ0v) is 9.41. The molecule has 2 N–H and O–H groups in total. The Morgan fingerprint density at radius 3 is 2.47 bits per heavy atom. The summed E-state index contributed by atoms with van der Waals surface area (Å²) in [7, 11) is 0. The van der Waals surface area contributed by atoms with Gasteiger partial charge in [-0.15, -0.1) is 12.4 Å². The number of hydrogen-bond donors (Lipinski definition) is 1. The maximum Gasteiger partial charge on any atom is 0.401 e. The van der Waals surface area contributed by atoms with Gasteiger partial charge in [0.1, 0.15) is 0 Å². The van der Waals surface area contributed by atoms with Gasteiger partial charge in [0.2, 0.25) is 0 Å². The van der Waals surface area contributed by atoms with Gasteiger partial charge >= 0.3 is 6.18 Å². The first-order valence-corrected chi connectivity index (χ1v) is 5.04. The highest BCUT2D eigenvalue weighted by atomic mass is 35.5. The minimum atomic E-state index is -4.08.